The number of nitrogens with zero attached hydrogens (tertiary/aromatic N) is 8. The minimum absolute atomic E-state index is 0.0878. The molecule has 390 valence electrons. The summed E-state index contributed by atoms with van der Waals surface area (Å²) in [5, 5.41) is 34.7. The molecule has 0 aliphatic heterocycles. The van der Waals surface area contributed by atoms with E-state index >= 15 is 0 Å². The first-order chi connectivity index (χ1) is 39.8. The van der Waals surface area contributed by atoms with E-state index in [2.05, 4.69) is 190 Å². The van der Waals surface area contributed by atoms with Crippen LogP contribution in [-0.4, -0.2) is 24.1 Å². The van der Waals surface area contributed by atoms with Crippen molar-refractivity contribution in [3.8, 4) is 97.1 Å². The minimum Gasteiger partial charge on any atom is -0.308 e. The van der Waals surface area contributed by atoms with Crippen molar-refractivity contribution in [1.82, 2.24) is 24.1 Å². The largest absolute Gasteiger partial charge is 0.308 e. The lowest BCUT2D eigenvalue weighted by Crippen LogP contribution is -2.10. The Hall–Kier alpha value is -10.7. The third-order valence-corrected chi connectivity index (χ3v) is 15.8. The second kappa shape index (κ2) is 19.9. The van der Waals surface area contributed by atoms with Gasteiger partial charge in [0.05, 0.1) is 68.3 Å². The SMILES string of the molecule is CC(C)(C)c1ccc2c(c1)c1ccccc1n2-c1cc(-c2cccc(C#N)c2)ccc1-c1nc(-c2ccc(-c3ccccc3C#N)cc2)nc(-c2ccc(-c3cccc(C#N)c3)cc2-n2c3ccccc3c3cc(C(C)(C)C)ccc32)n1. The first-order valence-electron chi connectivity index (χ1n) is 27.5. The van der Waals surface area contributed by atoms with Crippen LogP contribution < -0.4 is 0 Å². The molecule has 8 nitrogen and oxygen atoms in total. The molecule has 10 aromatic carbocycles. The normalized spacial score (nSPS) is 11.7. The smallest absolute Gasteiger partial charge is 0.166 e. The fourth-order valence-corrected chi connectivity index (χ4v) is 11.5. The average molecular weight is 1060 g/mol. The predicted molar refractivity (Wildman–Crippen MR) is 333 cm³/mol. The van der Waals surface area contributed by atoms with Crippen LogP contribution in [0.2, 0.25) is 0 Å². The molecule has 0 radical (unpaired) electrons. The predicted octanol–water partition coefficient (Wildman–Crippen LogP) is 18.3. The Morgan fingerprint density at radius 3 is 1.21 bits per heavy atom. The number of para-hydroxylation sites is 2. The fraction of sp³-hybridized carbons (Fsp3) is 0.108. The molecule has 0 aliphatic carbocycles. The van der Waals surface area contributed by atoms with Crippen LogP contribution in [0.4, 0.5) is 0 Å². The van der Waals surface area contributed by atoms with E-state index in [0.29, 0.717) is 34.2 Å². The van der Waals surface area contributed by atoms with E-state index in [-0.39, 0.29) is 10.8 Å². The fourth-order valence-electron chi connectivity index (χ4n) is 11.5. The molecule has 13 rings (SSSR count). The van der Waals surface area contributed by atoms with Gasteiger partial charge in [0.2, 0.25) is 0 Å². The van der Waals surface area contributed by atoms with Crippen LogP contribution in [0.5, 0.6) is 0 Å². The first kappa shape index (κ1) is 50.8. The third-order valence-electron chi connectivity index (χ3n) is 15.8. The van der Waals surface area contributed by atoms with Crippen molar-refractivity contribution < 1.29 is 0 Å². The van der Waals surface area contributed by atoms with Gasteiger partial charge in [-0.2, -0.15) is 15.8 Å². The van der Waals surface area contributed by atoms with Gasteiger partial charge < -0.3 is 9.13 Å². The molecule has 0 atom stereocenters. The van der Waals surface area contributed by atoms with Crippen molar-refractivity contribution in [2.75, 3.05) is 0 Å². The molecule has 3 aromatic heterocycles. The Morgan fingerprint density at radius 1 is 0.317 bits per heavy atom. The van der Waals surface area contributed by atoms with E-state index in [1.165, 1.54) is 11.1 Å². The zero-order valence-electron chi connectivity index (χ0n) is 46.4. The molecule has 8 heteroatoms. The van der Waals surface area contributed by atoms with Crippen molar-refractivity contribution in [1.29, 1.82) is 15.8 Å². The Morgan fingerprint density at radius 2 is 0.732 bits per heavy atom. The van der Waals surface area contributed by atoms with Crippen molar-refractivity contribution in [2.24, 2.45) is 0 Å². The summed E-state index contributed by atoms with van der Waals surface area (Å²) < 4.78 is 4.66. The number of nitriles is 3. The summed E-state index contributed by atoms with van der Waals surface area (Å²) >= 11 is 0. The van der Waals surface area contributed by atoms with Crippen molar-refractivity contribution in [2.45, 2.75) is 52.4 Å². The lowest BCUT2D eigenvalue weighted by Gasteiger charge is -2.20. The van der Waals surface area contributed by atoms with Crippen LogP contribution in [0.15, 0.2) is 218 Å². The van der Waals surface area contributed by atoms with E-state index in [9.17, 15) is 15.8 Å². The number of benzene rings is 10. The standard InChI is InChI=1S/C74H54N8/c1-73(2,3)55-31-35-66-62(41-55)58-21-9-11-23-64(58)81(66)68-39-52(50-18-13-15-46(37-50)43-75)29-33-60(68)71-78-70(49-27-25-48(26-28-49)57-20-8-7-17-54(57)45-77)79-72(80-71)61-34-30-53(51-19-14-16-47(38-51)44-76)40-69(61)82-65-24-12-10-22-59(65)63-42-56(74(4,5)6)32-36-67(63)82/h7-42H,1-6H3. The average Bonchev–Trinajstić information content (AvgIpc) is 3.14. The number of rotatable bonds is 8. The molecule has 82 heavy (non-hydrogen) atoms. The molecule has 0 saturated carbocycles. The molecule has 0 unspecified atom stereocenters. The highest BCUT2D eigenvalue weighted by molar-refractivity contribution is 6.11. The van der Waals surface area contributed by atoms with Gasteiger partial charge in [-0.05, 0) is 146 Å². The van der Waals surface area contributed by atoms with Gasteiger partial charge in [-0.25, -0.2) is 15.0 Å². The molecule has 0 N–H and O–H groups in total. The highest BCUT2D eigenvalue weighted by Crippen LogP contribution is 2.43. The molecule has 3 heterocycles. The lowest BCUT2D eigenvalue weighted by molar-refractivity contribution is 0.591. The number of aromatic nitrogens is 5. The van der Waals surface area contributed by atoms with Crippen molar-refractivity contribution in [3.63, 3.8) is 0 Å². The topological polar surface area (TPSA) is 120 Å². The minimum atomic E-state index is -0.0878. The Bertz CT molecular complexity index is 4610. The van der Waals surface area contributed by atoms with Crippen LogP contribution in [0, 0.1) is 34.0 Å². The van der Waals surface area contributed by atoms with E-state index in [1.807, 2.05) is 97.1 Å². The summed E-state index contributed by atoms with van der Waals surface area (Å²) in [5.41, 5.74) is 17.5. The van der Waals surface area contributed by atoms with Gasteiger partial charge in [0.15, 0.2) is 17.5 Å². The maximum absolute atomic E-state index is 10.1. The molecular formula is C74H54N8. The molecule has 0 amide bonds. The van der Waals surface area contributed by atoms with E-state index < -0.39 is 0 Å². The molecule has 0 bridgehead atoms. The molecule has 13 aromatic rings. The van der Waals surface area contributed by atoms with Gasteiger partial charge in [0, 0.05) is 38.2 Å². The van der Waals surface area contributed by atoms with Crippen LogP contribution >= 0.6 is 0 Å². The summed E-state index contributed by atoms with van der Waals surface area (Å²) in [4.78, 5) is 16.6. The third kappa shape index (κ3) is 8.92. The van der Waals surface area contributed by atoms with Crippen molar-refractivity contribution >= 4 is 43.6 Å². The highest BCUT2D eigenvalue weighted by Gasteiger charge is 2.26. The maximum Gasteiger partial charge on any atom is 0.166 e. The van der Waals surface area contributed by atoms with E-state index in [1.54, 1.807) is 0 Å². The van der Waals surface area contributed by atoms with Gasteiger partial charge in [0.25, 0.3) is 0 Å². The molecule has 0 aliphatic rings. The Kier molecular flexibility index (Phi) is 12.3. The summed E-state index contributed by atoms with van der Waals surface area (Å²) in [7, 11) is 0. The highest BCUT2D eigenvalue weighted by atomic mass is 15.1. The van der Waals surface area contributed by atoms with Crippen LogP contribution in [0.3, 0.4) is 0 Å². The molecule has 0 fully saturated rings. The number of hydrogen-bond donors (Lipinski definition) is 0. The lowest BCUT2D eigenvalue weighted by atomic mass is 9.86. The van der Waals surface area contributed by atoms with E-state index in [4.69, 9.17) is 15.0 Å². The zero-order chi connectivity index (χ0) is 56.4. The monoisotopic (exact) mass is 1050 g/mol. The summed E-state index contributed by atoms with van der Waals surface area (Å²) in [5.74, 6) is 1.37. The molecular weight excluding hydrogens is 1000 g/mol. The molecule has 0 spiro atoms. The Labute approximate surface area is 476 Å². The van der Waals surface area contributed by atoms with Crippen LogP contribution in [-0.2, 0) is 10.8 Å². The molecule has 0 saturated heterocycles. The van der Waals surface area contributed by atoms with Gasteiger partial charge in [-0.1, -0.05) is 169 Å². The maximum atomic E-state index is 10.1. The van der Waals surface area contributed by atoms with Crippen LogP contribution in [0.25, 0.3) is 123 Å². The van der Waals surface area contributed by atoms with E-state index in [0.717, 1.165) is 105 Å². The second-order valence-electron chi connectivity index (χ2n) is 23.1. The second-order valence-corrected chi connectivity index (χ2v) is 23.1. The zero-order valence-corrected chi connectivity index (χ0v) is 46.4. The van der Waals surface area contributed by atoms with Gasteiger partial charge in [-0.3, -0.25) is 0 Å². The first-order valence-corrected chi connectivity index (χ1v) is 27.5. The van der Waals surface area contributed by atoms with Crippen molar-refractivity contribution in [3.05, 3.63) is 246 Å². The summed E-state index contributed by atoms with van der Waals surface area (Å²) in [6.07, 6.45) is 0. The van der Waals surface area contributed by atoms with Gasteiger partial charge >= 0.3 is 0 Å². The number of hydrogen-bond acceptors (Lipinski definition) is 6. The number of fused-ring (bicyclic) bond motifs is 6. The summed E-state index contributed by atoms with van der Waals surface area (Å²) in [6, 6.07) is 81.6. The van der Waals surface area contributed by atoms with Gasteiger partial charge in [0.1, 0.15) is 0 Å². The summed E-state index contributed by atoms with van der Waals surface area (Å²) in [6.45, 7) is 13.5. The van der Waals surface area contributed by atoms with Crippen LogP contribution in [0.1, 0.15) is 69.4 Å². The van der Waals surface area contributed by atoms with Gasteiger partial charge in [-0.15, -0.1) is 0 Å². The Balaban J connectivity index is 1.12. The quantitative estimate of drug-likeness (QED) is 0.149.